The molecule has 1 fully saturated rings. The van der Waals surface area contributed by atoms with Crippen LogP contribution in [0.1, 0.15) is 31.4 Å². The number of piperidine rings is 1. The first-order chi connectivity index (χ1) is 8.66. The molecular weight excluding hydrogens is 292 g/mol. The Bertz CT molecular complexity index is 399. The fourth-order valence-electron chi connectivity index (χ4n) is 2.24. The molecule has 1 aromatic carbocycles. The molecule has 0 unspecified atom stereocenters. The van der Waals surface area contributed by atoms with Crippen LogP contribution in [-0.4, -0.2) is 19.0 Å². The van der Waals surface area contributed by atoms with Gasteiger partial charge in [0.2, 0.25) is 5.91 Å². The zero-order valence-corrected chi connectivity index (χ0v) is 12.2. The van der Waals surface area contributed by atoms with E-state index in [0.717, 1.165) is 36.0 Å². The van der Waals surface area contributed by atoms with Crippen LogP contribution in [0.25, 0.3) is 0 Å². The van der Waals surface area contributed by atoms with Gasteiger partial charge in [0.05, 0.1) is 12.0 Å². The zero-order chi connectivity index (χ0) is 13.0. The molecule has 0 saturated carbocycles. The Morgan fingerprint density at radius 1 is 1.44 bits per heavy atom. The summed E-state index contributed by atoms with van der Waals surface area (Å²) in [5, 5.41) is 6.36. The molecule has 1 aromatic rings. The summed E-state index contributed by atoms with van der Waals surface area (Å²) in [5.74, 6) is 0.286. The van der Waals surface area contributed by atoms with Crippen LogP contribution in [0, 0.1) is 5.92 Å². The normalized spacial score (nSPS) is 21.3. The van der Waals surface area contributed by atoms with E-state index in [2.05, 4.69) is 26.6 Å². The van der Waals surface area contributed by atoms with Gasteiger partial charge in [0.25, 0.3) is 0 Å². The lowest BCUT2D eigenvalue weighted by molar-refractivity contribution is -0.126. The SMILES string of the molecule is C[C@H](NC(=O)[C@@H]1CCCNC1)c1ccc(Br)cc1. The summed E-state index contributed by atoms with van der Waals surface area (Å²) in [5.41, 5.74) is 1.13. The summed E-state index contributed by atoms with van der Waals surface area (Å²) in [4.78, 5) is 12.1. The number of amides is 1. The van der Waals surface area contributed by atoms with Gasteiger partial charge in [-0.2, -0.15) is 0 Å². The monoisotopic (exact) mass is 310 g/mol. The standard InChI is InChI=1S/C14H19BrN2O/c1-10(11-4-6-13(15)7-5-11)17-14(18)12-3-2-8-16-9-12/h4-7,10,12,16H,2-3,8-9H2,1H3,(H,17,18)/t10-,12+/m0/s1. The molecule has 1 aliphatic heterocycles. The molecule has 1 amide bonds. The summed E-state index contributed by atoms with van der Waals surface area (Å²) < 4.78 is 1.06. The molecule has 2 N–H and O–H groups in total. The van der Waals surface area contributed by atoms with E-state index in [4.69, 9.17) is 0 Å². The quantitative estimate of drug-likeness (QED) is 0.901. The maximum absolute atomic E-state index is 12.1. The Balaban J connectivity index is 1.91. The first-order valence-electron chi connectivity index (χ1n) is 6.43. The van der Waals surface area contributed by atoms with Gasteiger partial charge in [-0.3, -0.25) is 4.79 Å². The maximum atomic E-state index is 12.1. The van der Waals surface area contributed by atoms with Gasteiger partial charge in [0.15, 0.2) is 0 Å². The van der Waals surface area contributed by atoms with E-state index in [0.29, 0.717) is 0 Å². The fourth-order valence-corrected chi connectivity index (χ4v) is 2.51. The summed E-state index contributed by atoms with van der Waals surface area (Å²) in [6.45, 7) is 3.86. The topological polar surface area (TPSA) is 41.1 Å². The molecule has 0 radical (unpaired) electrons. The van der Waals surface area contributed by atoms with E-state index in [1.165, 1.54) is 0 Å². The Morgan fingerprint density at radius 2 is 2.17 bits per heavy atom. The minimum absolute atomic E-state index is 0.0625. The third-order valence-corrected chi connectivity index (χ3v) is 3.93. The number of hydrogen-bond donors (Lipinski definition) is 2. The van der Waals surface area contributed by atoms with Gasteiger partial charge in [-0.05, 0) is 44.0 Å². The largest absolute Gasteiger partial charge is 0.349 e. The minimum Gasteiger partial charge on any atom is -0.349 e. The Morgan fingerprint density at radius 3 is 2.78 bits per heavy atom. The van der Waals surface area contributed by atoms with Crippen LogP contribution >= 0.6 is 15.9 Å². The molecule has 0 spiro atoms. The van der Waals surface area contributed by atoms with E-state index in [-0.39, 0.29) is 17.9 Å². The summed E-state index contributed by atoms with van der Waals surface area (Å²) in [6.07, 6.45) is 2.08. The van der Waals surface area contributed by atoms with Crippen molar-refractivity contribution < 1.29 is 4.79 Å². The summed E-state index contributed by atoms with van der Waals surface area (Å²) in [7, 11) is 0. The van der Waals surface area contributed by atoms with E-state index in [1.54, 1.807) is 0 Å². The second kappa shape index (κ2) is 6.34. The van der Waals surface area contributed by atoms with Crippen molar-refractivity contribution in [2.45, 2.75) is 25.8 Å². The highest BCUT2D eigenvalue weighted by atomic mass is 79.9. The molecule has 2 rings (SSSR count). The predicted molar refractivity (Wildman–Crippen MR) is 76.3 cm³/mol. The number of hydrogen-bond acceptors (Lipinski definition) is 2. The Labute approximate surface area is 116 Å². The highest BCUT2D eigenvalue weighted by molar-refractivity contribution is 9.10. The van der Waals surface area contributed by atoms with Gasteiger partial charge in [0, 0.05) is 11.0 Å². The van der Waals surface area contributed by atoms with Crippen molar-refractivity contribution >= 4 is 21.8 Å². The fraction of sp³-hybridized carbons (Fsp3) is 0.500. The molecule has 0 aromatic heterocycles. The minimum atomic E-state index is 0.0625. The van der Waals surface area contributed by atoms with E-state index >= 15 is 0 Å². The van der Waals surface area contributed by atoms with Gasteiger partial charge < -0.3 is 10.6 Å². The predicted octanol–water partition coefficient (Wildman–Crippen LogP) is 2.63. The first-order valence-corrected chi connectivity index (χ1v) is 7.22. The van der Waals surface area contributed by atoms with Crippen molar-refractivity contribution in [2.24, 2.45) is 5.92 Å². The third kappa shape index (κ3) is 3.56. The van der Waals surface area contributed by atoms with Crippen LogP contribution in [-0.2, 0) is 4.79 Å². The number of carbonyl (C=O) groups excluding carboxylic acids is 1. The molecule has 1 saturated heterocycles. The maximum Gasteiger partial charge on any atom is 0.224 e. The van der Waals surface area contributed by atoms with Crippen molar-refractivity contribution in [2.75, 3.05) is 13.1 Å². The number of halogens is 1. The van der Waals surface area contributed by atoms with Gasteiger partial charge in [-0.25, -0.2) is 0 Å². The van der Waals surface area contributed by atoms with Crippen LogP contribution in [0.15, 0.2) is 28.7 Å². The first kappa shape index (κ1) is 13.6. The van der Waals surface area contributed by atoms with Crippen molar-refractivity contribution in [1.82, 2.24) is 10.6 Å². The van der Waals surface area contributed by atoms with Crippen LogP contribution in [0.2, 0.25) is 0 Å². The van der Waals surface area contributed by atoms with Crippen LogP contribution in [0.3, 0.4) is 0 Å². The summed E-state index contributed by atoms with van der Waals surface area (Å²) >= 11 is 3.41. The van der Waals surface area contributed by atoms with Crippen molar-refractivity contribution in [3.63, 3.8) is 0 Å². The van der Waals surface area contributed by atoms with Crippen molar-refractivity contribution in [1.29, 1.82) is 0 Å². The highest BCUT2D eigenvalue weighted by Crippen LogP contribution is 2.18. The van der Waals surface area contributed by atoms with E-state index in [9.17, 15) is 4.79 Å². The average molecular weight is 311 g/mol. The molecule has 18 heavy (non-hydrogen) atoms. The number of rotatable bonds is 3. The molecule has 2 atom stereocenters. The van der Waals surface area contributed by atoms with Crippen molar-refractivity contribution in [3.05, 3.63) is 34.3 Å². The van der Waals surface area contributed by atoms with Gasteiger partial charge in [-0.1, -0.05) is 28.1 Å². The smallest absolute Gasteiger partial charge is 0.224 e. The van der Waals surface area contributed by atoms with E-state index < -0.39 is 0 Å². The Kier molecular flexibility index (Phi) is 4.78. The van der Waals surface area contributed by atoms with Gasteiger partial charge in [-0.15, -0.1) is 0 Å². The van der Waals surface area contributed by atoms with Gasteiger partial charge in [0.1, 0.15) is 0 Å². The number of nitrogens with one attached hydrogen (secondary N) is 2. The van der Waals surface area contributed by atoms with Crippen LogP contribution in [0.5, 0.6) is 0 Å². The Hall–Kier alpha value is -0.870. The number of benzene rings is 1. The summed E-state index contributed by atoms with van der Waals surface area (Å²) in [6, 6.07) is 8.13. The molecule has 1 heterocycles. The van der Waals surface area contributed by atoms with Crippen LogP contribution in [0.4, 0.5) is 0 Å². The third-order valence-electron chi connectivity index (χ3n) is 3.40. The van der Waals surface area contributed by atoms with Gasteiger partial charge >= 0.3 is 0 Å². The lowest BCUT2D eigenvalue weighted by atomic mass is 9.98. The number of carbonyl (C=O) groups is 1. The highest BCUT2D eigenvalue weighted by Gasteiger charge is 2.22. The molecule has 4 heteroatoms. The second-order valence-corrected chi connectivity index (χ2v) is 5.74. The molecule has 98 valence electrons. The molecule has 0 bridgehead atoms. The molecule has 3 nitrogen and oxygen atoms in total. The van der Waals surface area contributed by atoms with Crippen molar-refractivity contribution in [3.8, 4) is 0 Å². The lowest BCUT2D eigenvalue weighted by Crippen LogP contribution is -2.41. The van der Waals surface area contributed by atoms with Crippen LogP contribution < -0.4 is 10.6 Å². The molecule has 0 aliphatic carbocycles. The molecular formula is C14H19BrN2O. The zero-order valence-electron chi connectivity index (χ0n) is 10.6. The molecule has 1 aliphatic rings. The second-order valence-electron chi connectivity index (χ2n) is 4.83. The average Bonchev–Trinajstić information content (AvgIpc) is 2.40. The van der Waals surface area contributed by atoms with E-state index in [1.807, 2.05) is 31.2 Å². The lowest BCUT2D eigenvalue weighted by Gasteiger charge is -2.24.